The predicted octanol–water partition coefficient (Wildman–Crippen LogP) is 3.29. The third-order valence-electron chi connectivity index (χ3n) is 5.60. The van der Waals surface area contributed by atoms with Gasteiger partial charge in [0.15, 0.2) is 0 Å². The first-order valence-corrected chi connectivity index (χ1v) is 10.1. The third-order valence-corrected chi connectivity index (χ3v) is 7.04. The minimum absolute atomic E-state index is 0.0866. The molecule has 2 N–H and O–H groups in total. The molecule has 7 heteroatoms. The Hall–Kier alpha value is -1.73. The average molecular weight is 374 g/mol. The van der Waals surface area contributed by atoms with Crippen LogP contribution in [0.2, 0.25) is 0 Å². The van der Waals surface area contributed by atoms with E-state index in [0.717, 1.165) is 42.1 Å². The van der Waals surface area contributed by atoms with Crippen molar-refractivity contribution in [1.29, 1.82) is 0 Å². The van der Waals surface area contributed by atoms with Crippen LogP contribution in [0.25, 0.3) is 11.3 Å². The quantitative estimate of drug-likeness (QED) is 0.893. The molecule has 3 aliphatic rings. The van der Waals surface area contributed by atoms with E-state index in [2.05, 4.69) is 4.98 Å². The van der Waals surface area contributed by atoms with E-state index in [-0.39, 0.29) is 17.7 Å². The van der Waals surface area contributed by atoms with E-state index in [9.17, 15) is 8.78 Å². The SMILES string of the molecule is NC1(c2cccc(-c3nc(N4CCC4)nc4c3CCC4(F)F)c2)CSC1. The number of anilines is 1. The smallest absolute Gasteiger partial charge is 0.290 e. The Balaban J connectivity index is 1.65. The second kappa shape index (κ2) is 5.63. The summed E-state index contributed by atoms with van der Waals surface area (Å²) in [4.78, 5) is 10.9. The van der Waals surface area contributed by atoms with E-state index >= 15 is 0 Å². The normalized spacial score (nSPS) is 22.5. The van der Waals surface area contributed by atoms with Gasteiger partial charge in [-0.05, 0) is 24.5 Å². The Bertz CT molecular complexity index is 878. The van der Waals surface area contributed by atoms with Crippen molar-refractivity contribution in [1.82, 2.24) is 9.97 Å². The molecule has 0 atom stereocenters. The van der Waals surface area contributed by atoms with Crippen LogP contribution < -0.4 is 10.6 Å². The van der Waals surface area contributed by atoms with Gasteiger partial charge in [-0.1, -0.05) is 18.2 Å². The minimum atomic E-state index is -2.87. The number of benzene rings is 1. The van der Waals surface area contributed by atoms with Gasteiger partial charge in [0, 0.05) is 42.1 Å². The highest BCUT2D eigenvalue weighted by Crippen LogP contribution is 2.45. The van der Waals surface area contributed by atoms with Gasteiger partial charge in [0.05, 0.1) is 11.2 Å². The van der Waals surface area contributed by atoms with Crippen LogP contribution in [0.4, 0.5) is 14.7 Å². The molecule has 1 aliphatic carbocycles. The summed E-state index contributed by atoms with van der Waals surface area (Å²) in [6.45, 7) is 1.65. The van der Waals surface area contributed by atoms with Crippen LogP contribution in [0.15, 0.2) is 24.3 Å². The molecular formula is C19H20F2N4S. The van der Waals surface area contributed by atoms with Gasteiger partial charge in [0.25, 0.3) is 5.92 Å². The lowest BCUT2D eigenvalue weighted by Crippen LogP contribution is -2.48. The molecule has 0 amide bonds. The number of halogens is 2. The maximum atomic E-state index is 14.4. The van der Waals surface area contributed by atoms with E-state index in [4.69, 9.17) is 10.7 Å². The largest absolute Gasteiger partial charge is 0.341 e. The Kier molecular flexibility index (Phi) is 3.56. The van der Waals surface area contributed by atoms with Crippen molar-refractivity contribution in [2.75, 3.05) is 29.5 Å². The van der Waals surface area contributed by atoms with Crippen molar-refractivity contribution in [2.24, 2.45) is 5.73 Å². The zero-order valence-electron chi connectivity index (χ0n) is 14.3. The lowest BCUT2D eigenvalue weighted by Gasteiger charge is -2.38. The summed E-state index contributed by atoms with van der Waals surface area (Å²) in [5, 5.41) is 0. The topological polar surface area (TPSA) is 55.0 Å². The molecule has 2 aromatic rings. The number of alkyl halides is 2. The molecule has 0 bridgehead atoms. The second-order valence-corrected chi connectivity index (χ2v) is 8.46. The molecule has 136 valence electrons. The lowest BCUT2D eigenvalue weighted by molar-refractivity contribution is -0.00593. The van der Waals surface area contributed by atoms with Crippen molar-refractivity contribution >= 4 is 17.7 Å². The first-order chi connectivity index (χ1) is 12.5. The molecule has 3 heterocycles. The molecule has 26 heavy (non-hydrogen) atoms. The Morgan fingerprint density at radius 1 is 1.15 bits per heavy atom. The van der Waals surface area contributed by atoms with E-state index in [1.165, 1.54) is 0 Å². The molecule has 2 saturated heterocycles. The molecule has 1 aromatic carbocycles. The number of aromatic nitrogens is 2. The fraction of sp³-hybridized carbons (Fsp3) is 0.474. The van der Waals surface area contributed by atoms with Gasteiger partial charge >= 0.3 is 0 Å². The van der Waals surface area contributed by atoms with Crippen LogP contribution in [-0.2, 0) is 17.9 Å². The molecule has 0 spiro atoms. The third kappa shape index (κ3) is 2.44. The number of rotatable bonds is 3. The molecule has 4 nitrogen and oxygen atoms in total. The summed E-state index contributed by atoms with van der Waals surface area (Å²) in [5.74, 6) is -0.673. The van der Waals surface area contributed by atoms with Gasteiger partial charge in [0.1, 0.15) is 5.69 Å². The zero-order valence-corrected chi connectivity index (χ0v) is 15.2. The zero-order chi connectivity index (χ0) is 17.9. The second-order valence-electron chi connectivity index (χ2n) is 7.47. The monoisotopic (exact) mass is 374 g/mol. The number of thioether (sulfide) groups is 1. The summed E-state index contributed by atoms with van der Waals surface area (Å²) in [5.41, 5.74) is 9.20. The highest BCUT2D eigenvalue weighted by atomic mass is 32.2. The van der Waals surface area contributed by atoms with E-state index in [1.54, 1.807) is 0 Å². The highest BCUT2D eigenvalue weighted by molar-refractivity contribution is 8.00. The van der Waals surface area contributed by atoms with Crippen LogP contribution in [0.3, 0.4) is 0 Å². The molecule has 2 fully saturated rings. The fourth-order valence-electron chi connectivity index (χ4n) is 3.77. The van der Waals surface area contributed by atoms with E-state index < -0.39 is 5.92 Å². The number of fused-ring (bicyclic) bond motifs is 1. The number of nitrogens with zero attached hydrogens (tertiary/aromatic N) is 3. The van der Waals surface area contributed by atoms with Gasteiger partial charge in [0.2, 0.25) is 5.95 Å². The molecule has 0 unspecified atom stereocenters. The maximum Gasteiger partial charge on any atom is 0.290 e. The summed E-state index contributed by atoms with van der Waals surface area (Å²) in [6.07, 6.45) is 1.17. The van der Waals surface area contributed by atoms with Gasteiger partial charge in [-0.2, -0.15) is 20.5 Å². The van der Waals surface area contributed by atoms with Gasteiger partial charge < -0.3 is 10.6 Å². The van der Waals surface area contributed by atoms with Crippen molar-refractivity contribution in [2.45, 2.75) is 30.7 Å². The van der Waals surface area contributed by atoms with Crippen LogP contribution in [0.1, 0.15) is 29.7 Å². The fourth-order valence-corrected chi connectivity index (χ4v) is 4.75. The lowest BCUT2D eigenvalue weighted by atomic mass is 9.91. The highest BCUT2D eigenvalue weighted by Gasteiger charge is 2.44. The number of nitrogens with two attached hydrogens (primary N) is 1. The number of hydrogen-bond acceptors (Lipinski definition) is 5. The average Bonchev–Trinajstić information content (AvgIpc) is 2.86. The van der Waals surface area contributed by atoms with Gasteiger partial charge in [-0.15, -0.1) is 0 Å². The van der Waals surface area contributed by atoms with Crippen LogP contribution in [0.5, 0.6) is 0 Å². The van der Waals surface area contributed by atoms with Crippen molar-refractivity contribution in [3.63, 3.8) is 0 Å². The Morgan fingerprint density at radius 3 is 2.62 bits per heavy atom. The summed E-state index contributed by atoms with van der Waals surface area (Å²) < 4.78 is 28.8. The standard InChI is InChI=1S/C19H20F2N4S/c20-19(21)6-5-14-15(23-17(24-16(14)19)25-7-2-8-25)12-3-1-4-13(9-12)18(22)10-26-11-18/h1,3-4,9H,2,5-8,10-11,22H2. The predicted molar refractivity (Wildman–Crippen MR) is 99.7 cm³/mol. The molecule has 5 rings (SSSR count). The van der Waals surface area contributed by atoms with Crippen molar-refractivity contribution in [3.05, 3.63) is 41.1 Å². The summed E-state index contributed by atoms with van der Waals surface area (Å²) >= 11 is 1.82. The molecular weight excluding hydrogens is 354 g/mol. The summed E-state index contributed by atoms with van der Waals surface area (Å²) in [7, 11) is 0. The molecule has 0 saturated carbocycles. The van der Waals surface area contributed by atoms with Crippen LogP contribution in [0, 0.1) is 0 Å². The van der Waals surface area contributed by atoms with E-state index in [1.807, 2.05) is 40.9 Å². The maximum absolute atomic E-state index is 14.4. The van der Waals surface area contributed by atoms with E-state index in [0.29, 0.717) is 23.6 Å². The minimum Gasteiger partial charge on any atom is -0.341 e. The molecule has 1 aromatic heterocycles. The summed E-state index contributed by atoms with van der Waals surface area (Å²) in [6, 6.07) is 7.94. The van der Waals surface area contributed by atoms with Crippen LogP contribution in [-0.4, -0.2) is 34.6 Å². The number of hydrogen-bond donors (Lipinski definition) is 1. The van der Waals surface area contributed by atoms with Crippen molar-refractivity contribution in [3.8, 4) is 11.3 Å². The van der Waals surface area contributed by atoms with Gasteiger partial charge in [-0.25, -0.2) is 9.97 Å². The first kappa shape index (κ1) is 16.4. The van der Waals surface area contributed by atoms with Crippen LogP contribution >= 0.6 is 11.8 Å². The Morgan fingerprint density at radius 2 is 1.96 bits per heavy atom. The molecule has 0 radical (unpaired) electrons. The first-order valence-electron chi connectivity index (χ1n) is 8.98. The molecule has 2 aliphatic heterocycles. The van der Waals surface area contributed by atoms with Crippen molar-refractivity contribution < 1.29 is 8.78 Å². The van der Waals surface area contributed by atoms with Gasteiger partial charge in [-0.3, -0.25) is 0 Å². The Labute approximate surface area is 155 Å².